The molecule has 1 N–H and O–H groups in total. The third-order valence-corrected chi connectivity index (χ3v) is 5.41. The van der Waals surface area contributed by atoms with Crippen LogP contribution in [0.5, 0.6) is 0 Å². The second-order valence-electron chi connectivity index (χ2n) is 3.76. The molecule has 1 unspecified atom stereocenters. The Labute approximate surface area is 88.8 Å². The standard InChI is InChI=1S/C10H22O3Si/c1-5-8(6-2)10(7-3,9(11)12)14-13-4/h8H,5-7,14H2,1-4H3,(H,11,12). The van der Waals surface area contributed by atoms with Gasteiger partial charge in [-0.3, -0.25) is 4.79 Å². The van der Waals surface area contributed by atoms with E-state index in [-0.39, 0.29) is 5.92 Å². The molecule has 3 nitrogen and oxygen atoms in total. The van der Waals surface area contributed by atoms with Crippen molar-refractivity contribution in [3.8, 4) is 0 Å². The lowest BCUT2D eigenvalue weighted by molar-refractivity contribution is -0.143. The van der Waals surface area contributed by atoms with Gasteiger partial charge in [0, 0.05) is 7.11 Å². The van der Waals surface area contributed by atoms with Crippen molar-refractivity contribution < 1.29 is 14.3 Å². The molecule has 0 spiro atoms. The molecule has 84 valence electrons. The van der Waals surface area contributed by atoms with Gasteiger partial charge < -0.3 is 9.53 Å². The fourth-order valence-electron chi connectivity index (χ4n) is 2.22. The van der Waals surface area contributed by atoms with E-state index in [2.05, 4.69) is 13.8 Å². The van der Waals surface area contributed by atoms with E-state index >= 15 is 0 Å². The second-order valence-corrected chi connectivity index (χ2v) is 5.89. The zero-order chi connectivity index (χ0) is 11.2. The van der Waals surface area contributed by atoms with Gasteiger partial charge in [-0.25, -0.2) is 0 Å². The van der Waals surface area contributed by atoms with Gasteiger partial charge in [0.15, 0.2) is 9.76 Å². The number of hydrogen-bond donors (Lipinski definition) is 1. The molecule has 0 aliphatic carbocycles. The lowest BCUT2D eigenvalue weighted by Gasteiger charge is -2.34. The zero-order valence-corrected chi connectivity index (χ0v) is 11.1. The van der Waals surface area contributed by atoms with E-state index in [0.717, 1.165) is 12.8 Å². The topological polar surface area (TPSA) is 46.5 Å². The van der Waals surface area contributed by atoms with Crippen molar-refractivity contribution in [2.45, 2.75) is 45.1 Å². The first kappa shape index (κ1) is 13.6. The number of aliphatic carboxylic acids is 1. The summed E-state index contributed by atoms with van der Waals surface area (Å²) in [5, 5.41) is 8.78. The molecule has 0 aromatic carbocycles. The molecule has 0 radical (unpaired) electrons. The zero-order valence-electron chi connectivity index (χ0n) is 9.67. The number of carbonyl (C=O) groups is 1. The fraction of sp³-hybridized carbons (Fsp3) is 0.900. The third-order valence-electron chi connectivity index (χ3n) is 3.23. The summed E-state index contributed by atoms with van der Waals surface area (Å²) >= 11 is 0. The minimum atomic E-state index is -0.988. The Hall–Kier alpha value is -0.353. The Morgan fingerprint density at radius 2 is 1.93 bits per heavy atom. The molecule has 0 aliphatic heterocycles. The summed E-state index contributed by atoms with van der Waals surface area (Å²) in [5.74, 6) is -0.404. The van der Waals surface area contributed by atoms with Crippen molar-refractivity contribution in [1.29, 1.82) is 0 Å². The fourth-order valence-corrected chi connectivity index (χ4v) is 3.88. The molecule has 0 saturated heterocycles. The van der Waals surface area contributed by atoms with Crippen LogP contribution in [0, 0.1) is 5.92 Å². The van der Waals surface area contributed by atoms with E-state index in [0.29, 0.717) is 6.42 Å². The molecule has 0 aromatic rings. The third kappa shape index (κ3) is 2.57. The lowest BCUT2D eigenvalue weighted by atomic mass is 9.85. The van der Waals surface area contributed by atoms with Crippen LogP contribution in [-0.2, 0) is 9.22 Å². The predicted molar refractivity (Wildman–Crippen MR) is 60.2 cm³/mol. The molecule has 0 bridgehead atoms. The van der Waals surface area contributed by atoms with Crippen molar-refractivity contribution in [3.05, 3.63) is 0 Å². The smallest absolute Gasteiger partial charge is 0.308 e. The largest absolute Gasteiger partial charge is 0.481 e. The summed E-state index contributed by atoms with van der Waals surface area (Å²) in [6.07, 6.45) is 2.54. The van der Waals surface area contributed by atoms with E-state index in [1.807, 2.05) is 6.92 Å². The quantitative estimate of drug-likeness (QED) is 0.663. The van der Waals surface area contributed by atoms with E-state index in [1.54, 1.807) is 7.11 Å². The van der Waals surface area contributed by atoms with Crippen LogP contribution in [0.4, 0.5) is 0 Å². The Morgan fingerprint density at radius 3 is 2.14 bits per heavy atom. The van der Waals surface area contributed by atoms with E-state index in [1.165, 1.54) is 0 Å². The van der Waals surface area contributed by atoms with Crippen LogP contribution >= 0.6 is 0 Å². The minimum Gasteiger partial charge on any atom is -0.481 e. The lowest BCUT2D eigenvalue weighted by Crippen LogP contribution is -2.37. The van der Waals surface area contributed by atoms with Gasteiger partial charge in [0.2, 0.25) is 0 Å². The highest BCUT2D eigenvalue weighted by Gasteiger charge is 2.43. The first-order valence-electron chi connectivity index (χ1n) is 5.31. The summed E-state index contributed by atoms with van der Waals surface area (Å²) in [5.41, 5.74) is 0. The second kappa shape index (κ2) is 6.19. The minimum absolute atomic E-state index is 0.261. The van der Waals surface area contributed by atoms with Gasteiger partial charge in [0.05, 0.1) is 5.04 Å². The Morgan fingerprint density at radius 1 is 1.43 bits per heavy atom. The first-order valence-corrected chi connectivity index (χ1v) is 6.59. The van der Waals surface area contributed by atoms with Crippen molar-refractivity contribution in [2.24, 2.45) is 5.92 Å². The van der Waals surface area contributed by atoms with Crippen LogP contribution < -0.4 is 0 Å². The Bertz CT molecular complexity index is 180. The van der Waals surface area contributed by atoms with Crippen LogP contribution in [0.1, 0.15) is 40.0 Å². The maximum absolute atomic E-state index is 11.4. The monoisotopic (exact) mass is 218 g/mol. The summed E-state index contributed by atoms with van der Waals surface area (Å²) < 4.78 is 5.20. The summed E-state index contributed by atoms with van der Waals surface area (Å²) in [6.45, 7) is 6.08. The van der Waals surface area contributed by atoms with Crippen LogP contribution in [0.25, 0.3) is 0 Å². The molecule has 4 heteroatoms. The van der Waals surface area contributed by atoms with Crippen LogP contribution in [0.2, 0.25) is 5.04 Å². The molecule has 0 aromatic heterocycles. The summed E-state index contributed by atoms with van der Waals surface area (Å²) in [6, 6.07) is 0. The highest BCUT2D eigenvalue weighted by Crippen LogP contribution is 2.42. The number of rotatable bonds is 7. The van der Waals surface area contributed by atoms with Gasteiger partial charge in [-0.1, -0.05) is 33.6 Å². The molecule has 1 atom stereocenters. The predicted octanol–water partition coefficient (Wildman–Crippen LogP) is 1.81. The van der Waals surface area contributed by atoms with Crippen molar-refractivity contribution in [1.82, 2.24) is 0 Å². The molecule has 0 fully saturated rings. The summed E-state index contributed by atoms with van der Waals surface area (Å²) in [7, 11) is 0.639. The molecular weight excluding hydrogens is 196 g/mol. The number of carboxylic acids is 1. The van der Waals surface area contributed by atoms with Crippen molar-refractivity contribution in [3.63, 3.8) is 0 Å². The maximum Gasteiger partial charge on any atom is 0.308 e. The number of carboxylic acid groups (broad SMARTS) is 1. The van der Waals surface area contributed by atoms with Crippen LogP contribution in [-0.4, -0.2) is 27.9 Å². The molecule has 14 heavy (non-hydrogen) atoms. The van der Waals surface area contributed by atoms with Gasteiger partial charge in [0.25, 0.3) is 0 Å². The van der Waals surface area contributed by atoms with Crippen LogP contribution in [0.3, 0.4) is 0 Å². The van der Waals surface area contributed by atoms with Crippen molar-refractivity contribution in [2.75, 3.05) is 7.11 Å². The normalized spacial score (nSPS) is 16.4. The van der Waals surface area contributed by atoms with Gasteiger partial charge in [-0.2, -0.15) is 0 Å². The Balaban J connectivity index is 4.89. The molecule has 0 heterocycles. The average Bonchev–Trinajstić information content (AvgIpc) is 2.17. The van der Waals surface area contributed by atoms with E-state index < -0.39 is 20.8 Å². The van der Waals surface area contributed by atoms with Gasteiger partial charge >= 0.3 is 5.97 Å². The molecule has 0 aliphatic rings. The maximum atomic E-state index is 11.4. The first-order chi connectivity index (χ1) is 6.58. The molecular formula is C10H22O3Si. The highest BCUT2D eigenvalue weighted by molar-refractivity contribution is 6.40. The van der Waals surface area contributed by atoms with Gasteiger partial charge in [0.1, 0.15) is 0 Å². The SMILES string of the molecule is CCC(CC)C(CC)([SiH2]OC)C(=O)O. The van der Waals surface area contributed by atoms with Crippen LogP contribution in [0.15, 0.2) is 0 Å². The number of hydrogen-bond acceptors (Lipinski definition) is 2. The average molecular weight is 218 g/mol. The van der Waals surface area contributed by atoms with E-state index in [4.69, 9.17) is 4.43 Å². The van der Waals surface area contributed by atoms with Gasteiger partial charge in [-0.15, -0.1) is 0 Å². The summed E-state index contributed by atoms with van der Waals surface area (Å²) in [4.78, 5) is 11.4. The molecule has 0 rings (SSSR count). The molecule has 0 amide bonds. The molecule has 0 saturated carbocycles. The Kier molecular flexibility index (Phi) is 6.03. The van der Waals surface area contributed by atoms with E-state index in [9.17, 15) is 9.90 Å². The van der Waals surface area contributed by atoms with Crippen molar-refractivity contribution >= 4 is 15.7 Å². The van der Waals surface area contributed by atoms with Gasteiger partial charge in [-0.05, 0) is 12.3 Å². The highest BCUT2D eigenvalue weighted by atomic mass is 28.2.